The predicted octanol–water partition coefficient (Wildman–Crippen LogP) is 1.11. The quantitative estimate of drug-likeness (QED) is 0.907. The van der Waals surface area contributed by atoms with Gasteiger partial charge in [-0.3, -0.25) is 9.59 Å². The van der Waals surface area contributed by atoms with Crippen LogP contribution in [0.4, 0.5) is 0 Å². The number of rotatable bonds is 3. The van der Waals surface area contributed by atoms with Crippen molar-refractivity contribution in [3.63, 3.8) is 0 Å². The zero-order valence-electron chi connectivity index (χ0n) is 13.2. The highest BCUT2D eigenvalue weighted by molar-refractivity contribution is 5.93. The van der Waals surface area contributed by atoms with Gasteiger partial charge in [0.05, 0.1) is 12.0 Å². The molecule has 6 heteroatoms. The number of aryl methyl sites for hydroxylation is 2. The number of imidazole rings is 1. The lowest BCUT2D eigenvalue weighted by molar-refractivity contribution is -0.135. The Morgan fingerprint density at radius 3 is 2.71 bits per heavy atom. The first-order chi connectivity index (χ1) is 9.90. The van der Waals surface area contributed by atoms with Crippen molar-refractivity contribution in [3.8, 4) is 0 Å². The maximum Gasteiger partial charge on any atom is 0.270 e. The minimum atomic E-state index is -0.114. The molecule has 0 radical (unpaired) electrons. The molecule has 1 aliphatic rings. The van der Waals surface area contributed by atoms with Gasteiger partial charge in [0.15, 0.2) is 0 Å². The molecule has 2 amide bonds. The number of aromatic nitrogens is 2. The van der Waals surface area contributed by atoms with Gasteiger partial charge in [-0.15, -0.1) is 0 Å². The molecule has 0 bridgehead atoms. The minimum Gasteiger partial charge on any atom is -0.346 e. The Morgan fingerprint density at radius 1 is 1.43 bits per heavy atom. The highest BCUT2D eigenvalue weighted by Gasteiger charge is 2.27. The molecule has 1 aliphatic heterocycles. The lowest BCUT2D eigenvalue weighted by Crippen LogP contribution is -2.50. The molecule has 0 aliphatic carbocycles. The topological polar surface area (TPSA) is 67.2 Å². The molecular formula is C15H24N4O2. The van der Waals surface area contributed by atoms with E-state index >= 15 is 0 Å². The van der Waals surface area contributed by atoms with E-state index in [1.807, 2.05) is 32.7 Å². The summed E-state index contributed by atoms with van der Waals surface area (Å²) in [5, 5.41) is 3.03. The summed E-state index contributed by atoms with van der Waals surface area (Å²) < 4.78 is 1.73. The standard InChI is InChI=1S/C15H24N4O2/c1-10(2)15(21)19-7-5-6-12(8-19)17-14(20)13-11(3)16-9-18(13)4/h9-10,12H,5-8H2,1-4H3,(H,17,20). The van der Waals surface area contributed by atoms with Gasteiger partial charge < -0.3 is 14.8 Å². The van der Waals surface area contributed by atoms with Crippen molar-refractivity contribution in [1.29, 1.82) is 0 Å². The SMILES string of the molecule is Cc1ncn(C)c1C(=O)NC1CCCN(C(=O)C(C)C)C1. The molecule has 2 rings (SSSR count). The van der Waals surface area contributed by atoms with Gasteiger partial charge in [0, 0.05) is 32.1 Å². The number of amides is 2. The van der Waals surface area contributed by atoms with E-state index in [0.717, 1.165) is 25.1 Å². The van der Waals surface area contributed by atoms with Crippen LogP contribution in [0.3, 0.4) is 0 Å². The molecule has 21 heavy (non-hydrogen) atoms. The molecule has 1 atom stereocenters. The van der Waals surface area contributed by atoms with Crippen molar-refractivity contribution in [2.45, 2.75) is 39.7 Å². The zero-order chi connectivity index (χ0) is 15.6. The van der Waals surface area contributed by atoms with Crippen LogP contribution in [0.5, 0.6) is 0 Å². The molecule has 1 aromatic rings. The summed E-state index contributed by atoms with van der Waals surface area (Å²) >= 11 is 0. The highest BCUT2D eigenvalue weighted by atomic mass is 16.2. The summed E-state index contributed by atoms with van der Waals surface area (Å²) in [6.45, 7) is 7.02. The van der Waals surface area contributed by atoms with Crippen LogP contribution in [0, 0.1) is 12.8 Å². The van der Waals surface area contributed by atoms with Crippen molar-refractivity contribution in [2.24, 2.45) is 13.0 Å². The molecule has 1 unspecified atom stereocenters. The van der Waals surface area contributed by atoms with E-state index in [4.69, 9.17) is 0 Å². The zero-order valence-corrected chi connectivity index (χ0v) is 13.2. The van der Waals surface area contributed by atoms with E-state index in [1.165, 1.54) is 0 Å². The lowest BCUT2D eigenvalue weighted by atomic mass is 10.0. The number of hydrogen-bond acceptors (Lipinski definition) is 3. The molecule has 116 valence electrons. The molecule has 1 fully saturated rings. The maximum absolute atomic E-state index is 12.4. The number of carbonyl (C=O) groups is 2. The Kier molecular flexibility index (Phi) is 4.65. The van der Waals surface area contributed by atoms with Crippen LogP contribution in [0.25, 0.3) is 0 Å². The summed E-state index contributed by atoms with van der Waals surface area (Å²) in [5.74, 6) is 0.0424. The van der Waals surface area contributed by atoms with Crippen LogP contribution in [-0.2, 0) is 11.8 Å². The van der Waals surface area contributed by atoms with Crippen LogP contribution in [-0.4, -0.2) is 45.4 Å². The third kappa shape index (κ3) is 3.43. The Morgan fingerprint density at radius 2 is 2.14 bits per heavy atom. The van der Waals surface area contributed by atoms with Crippen LogP contribution in [0.15, 0.2) is 6.33 Å². The fourth-order valence-corrected chi connectivity index (χ4v) is 2.79. The number of piperidine rings is 1. The second-order valence-corrected chi connectivity index (χ2v) is 6.04. The second-order valence-electron chi connectivity index (χ2n) is 6.04. The molecule has 1 N–H and O–H groups in total. The Balaban J connectivity index is 2.00. The summed E-state index contributed by atoms with van der Waals surface area (Å²) in [4.78, 5) is 30.4. The maximum atomic E-state index is 12.4. The second kappa shape index (κ2) is 6.28. The molecule has 0 aromatic carbocycles. The summed E-state index contributed by atoms with van der Waals surface area (Å²) in [5.41, 5.74) is 1.31. The van der Waals surface area contributed by atoms with Gasteiger partial charge in [0.1, 0.15) is 5.69 Å². The first-order valence-electron chi connectivity index (χ1n) is 7.47. The monoisotopic (exact) mass is 292 g/mol. The number of nitrogens with zero attached hydrogens (tertiary/aromatic N) is 3. The average molecular weight is 292 g/mol. The fraction of sp³-hybridized carbons (Fsp3) is 0.667. The number of likely N-dealkylation sites (tertiary alicyclic amines) is 1. The molecule has 0 saturated carbocycles. The Bertz CT molecular complexity index is 516. The van der Waals surface area contributed by atoms with Crippen LogP contribution < -0.4 is 5.32 Å². The Hall–Kier alpha value is -1.85. The van der Waals surface area contributed by atoms with Gasteiger partial charge in [-0.1, -0.05) is 13.8 Å². The largest absolute Gasteiger partial charge is 0.346 e. The molecule has 1 saturated heterocycles. The van der Waals surface area contributed by atoms with Gasteiger partial charge in [-0.2, -0.15) is 0 Å². The Labute approximate surface area is 125 Å². The summed E-state index contributed by atoms with van der Waals surface area (Å²) in [6, 6.07) is 0.0169. The van der Waals surface area contributed by atoms with Gasteiger partial charge in [-0.05, 0) is 19.8 Å². The summed E-state index contributed by atoms with van der Waals surface area (Å²) in [7, 11) is 1.81. The van der Waals surface area contributed by atoms with Crippen LogP contribution in [0.2, 0.25) is 0 Å². The van der Waals surface area contributed by atoms with E-state index < -0.39 is 0 Å². The van der Waals surface area contributed by atoms with E-state index in [0.29, 0.717) is 12.2 Å². The van der Waals surface area contributed by atoms with E-state index in [2.05, 4.69) is 10.3 Å². The third-order valence-electron chi connectivity index (χ3n) is 3.90. The molecular weight excluding hydrogens is 268 g/mol. The number of nitrogens with one attached hydrogen (secondary N) is 1. The van der Waals surface area contributed by atoms with Crippen LogP contribution >= 0.6 is 0 Å². The van der Waals surface area contributed by atoms with Crippen LogP contribution in [0.1, 0.15) is 42.9 Å². The molecule has 6 nitrogen and oxygen atoms in total. The lowest BCUT2D eigenvalue weighted by Gasteiger charge is -2.34. The number of hydrogen-bond donors (Lipinski definition) is 1. The first kappa shape index (κ1) is 15.5. The average Bonchev–Trinajstić information content (AvgIpc) is 2.77. The van der Waals surface area contributed by atoms with Gasteiger partial charge in [0.2, 0.25) is 5.91 Å². The number of carbonyl (C=O) groups excluding carboxylic acids is 2. The van der Waals surface area contributed by atoms with Gasteiger partial charge in [-0.25, -0.2) is 4.98 Å². The normalized spacial score (nSPS) is 18.9. The molecule has 0 spiro atoms. The van der Waals surface area contributed by atoms with Gasteiger partial charge >= 0.3 is 0 Å². The van der Waals surface area contributed by atoms with Crippen molar-refractivity contribution in [3.05, 3.63) is 17.7 Å². The smallest absolute Gasteiger partial charge is 0.270 e. The van der Waals surface area contributed by atoms with Crippen molar-refractivity contribution >= 4 is 11.8 Å². The van der Waals surface area contributed by atoms with Crippen molar-refractivity contribution in [2.75, 3.05) is 13.1 Å². The van der Waals surface area contributed by atoms with E-state index in [1.54, 1.807) is 10.9 Å². The fourth-order valence-electron chi connectivity index (χ4n) is 2.79. The van der Waals surface area contributed by atoms with E-state index in [9.17, 15) is 9.59 Å². The molecule has 1 aromatic heterocycles. The predicted molar refractivity (Wildman–Crippen MR) is 79.9 cm³/mol. The first-order valence-corrected chi connectivity index (χ1v) is 7.47. The van der Waals surface area contributed by atoms with E-state index in [-0.39, 0.29) is 23.8 Å². The molecule has 2 heterocycles. The minimum absolute atomic E-state index is 0.00114. The highest BCUT2D eigenvalue weighted by Crippen LogP contribution is 2.14. The summed E-state index contributed by atoms with van der Waals surface area (Å²) in [6.07, 6.45) is 3.47. The van der Waals surface area contributed by atoms with Gasteiger partial charge in [0.25, 0.3) is 5.91 Å². The van der Waals surface area contributed by atoms with Crippen molar-refractivity contribution in [1.82, 2.24) is 19.8 Å². The van der Waals surface area contributed by atoms with Crippen molar-refractivity contribution < 1.29 is 9.59 Å². The third-order valence-corrected chi connectivity index (χ3v) is 3.90.